The third-order valence-electron chi connectivity index (χ3n) is 3.15. The first-order valence-corrected chi connectivity index (χ1v) is 7.14. The molecule has 0 radical (unpaired) electrons. The average Bonchev–Trinajstić information content (AvgIpc) is 2.76. The molecular weight excluding hydrogens is 342 g/mol. The molecule has 1 aliphatic rings. The lowest BCUT2D eigenvalue weighted by atomic mass is 10.00. The molecule has 0 fully saturated rings. The summed E-state index contributed by atoms with van der Waals surface area (Å²) in [6.45, 7) is 0. The standard InChI is InChI=1S/C15H9BrClNO2/c16-10-3-1-2-8(4-10)15(20)11-5-9-6-14(19)18-13(9)7-12(11)17/h1-5,7H,6H2,(H,18,19). The molecule has 5 heteroatoms. The van der Waals surface area contributed by atoms with Crippen LogP contribution in [0.1, 0.15) is 21.5 Å². The number of carbonyl (C=O) groups excluding carboxylic acids is 2. The van der Waals surface area contributed by atoms with Crippen molar-refractivity contribution in [3.8, 4) is 0 Å². The largest absolute Gasteiger partial charge is 0.325 e. The van der Waals surface area contributed by atoms with E-state index < -0.39 is 0 Å². The van der Waals surface area contributed by atoms with Gasteiger partial charge in [-0.3, -0.25) is 9.59 Å². The molecule has 0 aliphatic carbocycles. The van der Waals surface area contributed by atoms with Crippen molar-refractivity contribution >= 4 is 44.9 Å². The predicted octanol–water partition coefficient (Wildman–Crippen LogP) is 3.83. The van der Waals surface area contributed by atoms with Crippen molar-refractivity contribution in [3.05, 3.63) is 62.6 Å². The molecule has 0 bridgehead atoms. The van der Waals surface area contributed by atoms with E-state index >= 15 is 0 Å². The third kappa shape index (κ3) is 2.37. The molecule has 3 nitrogen and oxygen atoms in total. The molecule has 0 saturated heterocycles. The molecule has 1 aliphatic heterocycles. The Bertz CT molecular complexity index is 743. The van der Waals surface area contributed by atoms with E-state index in [9.17, 15) is 9.59 Å². The van der Waals surface area contributed by atoms with Gasteiger partial charge in [-0.15, -0.1) is 0 Å². The highest BCUT2D eigenvalue weighted by atomic mass is 79.9. The van der Waals surface area contributed by atoms with Gasteiger partial charge in [0.15, 0.2) is 5.78 Å². The van der Waals surface area contributed by atoms with Crippen LogP contribution >= 0.6 is 27.5 Å². The molecule has 1 amide bonds. The van der Waals surface area contributed by atoms with Crippen LogP contribution < -0.4 is 5.32 Å². The molecule has 0 spiro atoms. The van der Waals surface area contributed by atoms with Gasteiger partial charge >= 0.3 is 0 Å². The van der Waals surface area contributed by atoms with Crippen molar-refractivity contribution in [1.29, 1.82) is 0 Å². The second-order valence-electron chi connectivity index (χ2n) is 4.55. The number of hydrogen-bond acceptors (Lipinski definition) is 2. The van der Waals surface area contributed by atoms with E-state index in [2.05, 4.69) is 21.2 Å². The number of halogens is 2. The van der Waals surface area contributed by atoms with Gasteiger partial charge in [-0.2, -0.15) is 0 Å². The van der Waals surface area contributed by atoms with Gasteiger partial charge < -0.3 is 5.32 Å². The molecule has 0 unspecified atom stereocenters. The van der Waals surface area contributed by atoms with Gasteiger partial charge in [-0.1, -0.05) is 39.7 Å². The van der Waals surface area contributed by atoms with Crippen LogP contribution in [0.4, 0.5) is 5.69 Å². The zero-order chi connectivity index (χ0) is 14.3. The first-order valence-electron chi connectivity index (χ1n) is 5.97. The first kappa shape index (κ1) is 13.3. The van der Waals surface area contributed by atoms with Gasteiger partial charge in [0.05, 0.1) is 11.4 Å². The van der Waals surface area contributed by atoms with Crippen LogP contribution in [0.3, 0.4) is 0 Å². The van der Waals surface area contributed by atoms with Crippen LogP contribution in [0.2, 0.25) is 5.02 Å². The zero-order valence-corrected chi connectivity index (χ0v) is 12.6. The van der Waals surface area contributed by atoms with E-state index in [-0.39, 0.29) is 18.1 Å². The molecule has 0 aromatic heterocycles. The van der Waals surface area contributed by atoms with Crippen molar-refractivity contribution in [1.82, 2.24) is 0 Å². The molecule has 2 aromatic carbocycles. The van der Waals surface area contributed by atoms with Gasteiger partial charge in [0.1, 0.15) is 0 Å². The van der Waals surface area contributed by atoms with Gasteiger partial charge in [0.2, 0.25) is 5.91 Å². The van der Waals surface area contributed by atoms with Crippen molar-refractivity contribution in [3.63, 3.8) is 0 Å². The molecule has 0 atom stereocenters. The molecule has 1 N–H and O–H groups in total. The summed E-state index contributed by atoms with van der Waals surface area (Å²) in [4.78, 5) is 23.9. The number of nitrogens with one attached hydrogen (secondary N) is 1. The maximum Gasteiger partial charge on any atom is 0.228 e. The second kappa shape index (κ2) is 5.04. The molecular formula is C15H9BrClNO2. The predicted molar refractivity (Wildman–Crippen MR) is 81.4 cm³/mol. The Morgan fingerprint density at radius 2 is 2.05 bits per heavy atom. The number of ketones is 1. The summed E-state index contributed by atoms with van der Waals surface area (Å²) in [5.74, 6) is -0.235. The van der Waals surface area contributed by atoms with Crippen molar-refractivity contribution in [2.45, 2.75) is 6.42 Å². The van der Waals surface area contributed by atoms with Crippen LogP contribution in [0, 0.1) is 0 Å². The highest BCUT2D eigenvalue weighted by molar-refractivity contribution is 9.10. The van der Waals surface area contributed by atoms with Gasteiger partial charge in [-0.25, -0.2) is 0 Å². The summed E-state index contributed by atoms with van der Waals surface area (Å²) < 4.78 is 0.831. The average molecular weight is 351 g/mol. The Balaban J connectivity index is 2.05. The topological polar surface area (TPSA) is 46.2 Å². The molecule has 100 valence electrons. The number of amides is 1. The Kier molecular flexibility index (Phi) is 3.36. The lowest BCUT2D eigenvalue weighted by Gasteiger charge is -2.07. The summed E-state index contributed by atoms with van der Waals surface area (Å²) in [5.41, 5.74) is 2.46. The SMILES string of the molecule is O=C1Cc2cc(C(=O)c3cccc(Br)c3)c(Cl)cc2N1. The third-order valence-corrected chi connectivity index (χ3v) is 3.96. The lowest BCUT2D eigenvalue weighted by Crippen LogP contribution is -2.03. The van der Waals surface area contributed by atoms with Crippen LogP contribution in [0.15, 0.2) is 40.9 Å². The monoisotopic (exact) mass is 349 g/mol. The molecule has 0 saturated carbocycles. The van der Waals surface area contributed by atoms with Gasteiger partial charge in [-0.05, 0) is 29.8 Å². The van der Waals surface area contributed by atoms with Crippen molar-refractivity contribution in [2.24, 2.45) is 0 Å². The van der Waals surface area contributed by atoms with Crippen molar-refractivity contribution in [2.75, 3.05) is 5.32 Å². The van der Waals surface area contributed by atoms with E-state index in [1.807, 2.05) is 6.07 Å². The summed E-state index contributed by atoms with van der Waals surface area (Å²) in [6, 6.07) is 10.5. The van der Waals surface area contributed by atoms with Crippen LogP contribution in [-0.4, -0.2) is 11.7 Å². The maximum absolute atomic E-state index is 12.5. The summed E-state index contributed by atoms with van der Waals surface area (Å²) in [6.07, 6.45) is 0.283. The minimum absolute atomic E-state index is 0.0804. The zero-order valence-electron chi connectivity index (χ0n) is 10.2. The van der Waals surface area contributed by atoms with E-state index in [4.69, 9.17) is 11.6 Å². The minimum Gasteiger partial charge on any atom is -0.325 e. The van der Waals surface area contributed by atoms with Crippen molar-refractivity contribution < 1.29 is 9.59 Å². The Hall–Kier alpha value is -1.65. The van der Waals surface area contributed by atoms with Crippen LogP contribution in [-0.2, 0) is 11.2 Å². The molecule has 2 aromatic rings. The Labute approximate surface area is 129 Å². The maximum atomic E-state index is 12.5. The van der Waals surface area contributed by atoms with Crippen LogP contribution in [0.25, 0.3) is 0 Å². The van der Waals surface area contributed by atoms with Gasteiger partial charge in [0.25, 0.3) is 0 Å². The quantitative estimate of drug-likeness (QED) is 0.837. The Morgan fingerprint density at radius 1 is 1.25 bits per heavy atom. The highest BCUT2D eigenvalue weighted by Gasteiger charge is 2.22. The van der Waals surface area contributed by atoms with Gasteiger partial charge in [0, 0.05) is 21.3 Å². The lowest BCUT2D eigenvalue weighted by molar-refractivity contribution is -0.115. The number of hydrogen-bond donors (Lipinski definition) is 1. The van der Waals surface area contributed by atoms with E-state index in [0.29, 0.717) is 21.8 Å². The smallest absolute Gasteiger partial charge is 0.228 e. The fourth-order valence-corrected chi connectivity index (χ4v) is 2.86. The normalized spacial score (nSPS) is 13.0. The fraction of sp³-hybridized carbons (Fsp3) is 0.0667. The minimum atomic E-state index is -0.154. The number of benzene rings is 2. The summed E-state index contributed by atoms with van der Waals surface area (Å²) in [5, 5.41) is 3.05. The molecule has 1 heterocycles. The number of anilines is 1. The highest BCUT2D eigenvalue weighted by Crippen LogP contribution is 2.31. The first-order chi connectivity index (χ1) is 9.54. The van der Waals surface area contributed by atoms with E-state index in [0.717, 1.165) is 10.0 Å². The number of carbonyl (C=O) groups is 2. The molecule has 3 rings (SSSR count). The summed E-state index contributed by atoms with van der Waals surface area (Å²) in [7, 11) is 0. The van der Waals surface area contributed by atoms with Crippen LogP contribution in [0.5, 0.6) is 0 Å². The molecule has 20 heavy (non-hydrogen) atoms. The Morgan fingerprint density at radius 3 is 2.80 bits per heavy atom. The van der Waals surface area contributed by atoms with E-state index in [1.165, 1.54) is 0 Å². The second-order valence-corrected chi connectivity index (χ2v) is 5.88. The summed E-state index contributed by atoms with van der Waals surface area (Å²) >= 11 is 9.50. The number of rotatable bonds is 2. The number of fused-ring (bicyclic) bond motifs is 1. The fourth-order valence-electron chi connectivity index (χ4n) is 2.21. The van der Waals surface area contributed by atoms with E-state index in [1.54, 1.807) is 30.3 Å².